The lowest BCUT2D eigenvalue weighted by Crippen LogP contribution is -2.40. The number of nitrogens with one attached hydrogen (secondary N) is 2. The minimum atomic E-state index is -0.553. The van der Waals surface area contributed by atoms with E-state index in [-0.39, 0.29) is 17.7 Å². The van der Waals surface area contributed by atoms with Crippen LogP contribution >= 0.6 is 0 Å². The Hall–Kier alpha value is -1.88. The minimum Gasteiger partial charge on any atom is -0.352 e. The van der Waals surface area contributed by atoms with Gasteiger partial charge < -0.3 is 16.4 Å². The average Bonchev–Trinajstić information content (AvgIpc) is 2.47. The van der Waals surface area contributed by atoms with Gasteiger partial charge in [-0.25, -0.2) is 0 Å². The van der Waals surface area contributed by atoms with Gasteiger partial charge in [0.05, 0.1) is 6.04 Å². The van der Waals surface area contributed by atoms with Crippen LogP contribution in [0.25, 0.3) is 0 Å². The molecule has 0 aliphatic rings. The minimum absolute atomic E-state index is 0.108. The molecule has 0 aromatic heterocycles. The number of hydrogen-bond acceptors (Lipinski definition) is 3. The van der Waals surface area contributed by atoms with E-state index in [2.05, 4.69) is 10.6 Å². The number of amides is 2. The molecule has 0 bridgehead atoms. The summed E-state index contributed by atoms with van der Waals surface area (Å²) in [5, 5.41) is 5.55. The standard InChI is InChI=1S/C16H25N3O2/c1-5-10(3)14(17)16(21)19-13-9-12(8-7-11(13)4)15(20)18-6-2/h7-10,14H,5-6,17H2,1-4H3,(H,18,20)(H,19,21). The van der Waals surface area contributed by atoms with Crippen molar-refractivity contribution in [2.75, 3.05) is 11.9 Å². The van der Waals surface area contributed by atoms with E-state index < -0.39 is 6.04 Å². The topological polar surface area (TPSA) is 84.2 Å². The van der Waals surface area contributed by atoms with Crippen molar-refractivity contribution in [1.29, 1.82) is 0 Å². The van der Waals surface area contributed by atoms with Crippen LogP contribution in [0.1, 0.15) is 43.1 Å². The first-order chi connectivity index (χ1) is 9.90. The largest absolute Gasteiger partial charge is 0.352 e. The molecule has 0 spiro atoms. The molecular formula is C16H25N3O2. The van der Waals surface area contributed by atoms with Crippen LogP contribution in [0.3, 0.4) is 0 Å². The molecule has 1 aromatic rings. The number of nitrogens with two attached hydrogens (primary N) is 1. The van der Waals surface area contributed by atoms with Gasteiger partial charge in [-0.2, -0.15) is 0 Å². The Morgan fingerprint density at radius 2 is 1.95 bits per heavy atom. The zero-order chi connectivity index (χ0) is 16.0. The predicted molar refractivity (Wildman–Crippen MR) is 85.2 cm³/mol. The van der Waals surface area contributed by atoms with Crippen LogP contribution in [0.2, 0.25) is 0 Å². The molecule has 0 saturated heterocycles. The molecule has 0 radical (unpaired) electrons. The van der Waals surface area contributed by atoms with E-state index in [1.54, 1.807) is 12.1 Å². The van der Waals surface area contributed by atoms with Gasteiger partial charge in [0, 0.05) is 17.8 Å². The summed E-state index contributed by atoms with van der Waals surface area (Å²) in [4.78, 5) is 24.0. The lowest BCUT2D eigenvalue weighted by Gasteiger charge is -2.19. The summed E-state index contributed by atoms with van der Waals surface area (Å²) >= 11 is 0. The molecule has 21 heavy (non-hydrogen) atoms. The van der Waals surface area contributed by atoms with E-state index in [1.807, 2.05) is 33.8 Å². The summed E-state index contributed by atoms with van der Waals surface area (Å²) < 4.78 is 0. The first-order valence-corrected chi connectivity index (χ1v) is 7.35. The number of carbonyl (C=O) groups excluding carboxylic acids is 2. The fraction of sp³-hybridized carbons (Fsp3) is 0.500. The fourth-order valence-corrected chi connectivity index (χ4v) is 1.89. The van der Waals surface area contributed by atoms with Gasteiger partial charge in [0.1, 0.15) is 0 Å². The molecule has 116 valence electrons. The van der Waals surface area contributed by atoms with E-state index in [1.165, 1.54) is 0 Å². The van der Waals surface area contributed by atoms with E-state index in [4.69, 9.17) is 5.73 Å². The summed E-state index contributed by atoms with van der Waals surface area (Å²) in [5.74, 6) is -0.267. The van der Waals surface area contributed by atoms with Gasteiger partial charge in [-0.1, -0.05) is 26.3 Å². The maximum atomic E-state index is 12.1. The Kier molecular flexibility index (Phi) is 6.37. The van der Waals surface area contributed by atoms with Crippen molar-refractivity contribution in [3.63, 3.8) is 0 Å². The van der Waals surface area contributed by atoms with Crippen LogP contribution < -0.4 is 16.4 Å². The SMILES string of the molecule is CCNC(=O)c1ccc(C)c(NC(=O)C(N)C(C)CC)c1. The first kappa shape index (κ1) is 17.2. The smallest absolute Gasteiger partial charge is 0.251 e. The first-order valence-electron chi connectivity index (χ1n) is 7.35. The third-order valence-electron chi connectivity index (χ3n) is 3.65. The Morgan fingerprint density at radius 1 is 1.29 bits per heavy atom. The Bertz CT molecular complexity index is 514. The van der Waals surface area contributed by atoms with Crippen molar-refractivity contribution in [3.05, 3.63) is 29.3 Å². The number of anilines is 1. The quantitative estimate of drug-likeness (QED) is 0.750. The molecule has 2 unspecified atom stereocenters. The molecule has 0 aliphatic carbocycles. The van der Waals surface area contributed by atoms with Crippen LogP contribution in [0.4, 0.5) is 5.69 Å². The second-order valence-corrected chi connectivity index (χ2v) is 5.29. The zero-order valence-electron chi connectivity index (χ0n) is 13.2. The van der Waals surface area contributed by atoms with Crippen molar-refractivity contribution in [1.82, 2.24) is 5.32 Å². The number of carbonyl (C=O) groups is 2. The van der Waals surface area contributed by atoms with Crippen LogP contribution in [-0.4, -0.2) is 24.4 Å². The Labute approximate surface area is 126 Å². The summed E-state index contributed by atoms with van der Waals surface area (Å²) in [6.07, 6.45) is 0.840. The highest BCUT2D eigenvalue weighted by molar-refractivity contribution is 5.99. The van der Waals surface area contributed by atoms with Crippen LogP contribution in [0.5, 0.6) is 0 Å². The molecule has 2 amide bonds. The normalized spacial score (nSPS) is 13.4. The highest BCUT2D eigenvalue weighted by Crippen LogP contribution is 2.18. The average molecular weight is 291 g/mol. The van der Waals surface area contributed by atoms with Gasteiger partial charge >= 0.3 is 0 Å². The van der Waals surface area contributed by atoms with E-state index in [0.29, 0.717) is 17.8 Å². The van der Waals surface area contributed by atoms with Gasteiger partial charge in [0.15, 0.2) is 0 Å². The van der Waals surface area contributed by atoms with Crippen molar-refractivity contribution in [2.45, 2.75) is 40.2 Å². The molecule has 1 rings (SSSR count). The van der Waals surface area contributed by atoms with Crippen LogP contribution in [-0.2, 0) is 4.79 Å². The number of aryl methyl sites for hydroxylation is 1. The highest BCUT2D eigenvalue weighted by Gasteiger charge is 2.20. The molecule has 0 aliphatic heterocycles. The lowest BCUT2D eigenvalue weighted by molar-refractivity contribution is -0.118. The third-order valence-corrected chi connectivity index (χ3v) is 3.65. The molecule has 5 heteroatoms. The van der Waals surface area contributed by atoms with Crippen molar-refractivity contribution in [3.8, 4) is 0 Å². The third kappa shape index (κ3) is 4.56. The number of benzene rings is 1. The Balaban J connectivity index is 2.90. The van der Waals surface area contributed by atoms with Gasteiger partial charge in [0.25, 0.3) is 5.91 Å². The van der Waals surface area contributed by atoms with Crippen LogP contribution in [0.15, 0.2) is 18.2 Å². The van der Waals surface area contributed by atoms with Gasteiger partial charge in [-0.05, 0) is 37.5 Å². The molecule has 5 nitrogen and oxygen atoms in total. The van der Waals surface area contributed by atoms with E-state index in [0.717, 1.165) is 12.0 Å². The predicted octanol–water partition coefficient (Wildman–Crippen LogP) is 2.06. The van der Waals surface area contributed by atoms with Crippen molar-refractivity contribution < 1.29 is 9.59 Å². The fourth-order valence-electron chi connectivity index (χ4n) is 1.89. The summed E-state index contributed by atoms with van der Waals surface area (Å²) in [5.41, 5.74) is 7.97. The van der Waals surface area contributed by atoms with Gasteiger partial charge in [-0.3, -0.25) is 9.59 Å². The number of hydrogen-bond donors (Lipinski definition) is 3. The molecule has 0 saturated carbocycles. The highest BCUT2D eigenvalue weighted by atomic mass is 16.2. The van der Waals surface area contributed by atoms with Crippen molar-refractivity contribution >= 4 is 17.5 Å². The summed E-state index contributed by atoms with van der Waals surface area (Å²) in [6, 6.07) is 4.68. The van der Waals surface area contributed by atoms with Gasteiger partial charge in [0.2, 0.25) is 5.91 Å². The van der Waals surface area contributed by atoms with E-state index >= 15 is 0 Å². The van der Waals surface area contributed by atoms with Crippen molar-refractivity contribution in [2.24, 2.45) is 11.7 Å². The molecular weight excluding hydrogens is 266 g/mol. The Morgan fingerprint density at radius 3 is 2.52 bits per heavy atom. The van der Waals surface area contributed by atoms with Gasteiger partial charge in [-0.15, -0.1) is 0 Å². The summed E-state index contributed by atoms with van der Waals surface area (Å²) in [6.45, 7) is 8.25. The second kappa shape index (κ2) is 7.78. The maximum Gasteiger partial charge on any atom is 0.251 e. The molecule has 4 N–H and O–H groups in total. The summed E-state index contributed by atoms with van der Waals surface area (Å²) in [7, 11) is 0. The molecule has 1 aromatic carbocycles. The zero-order valence-corrected chi connectivity index (χ0v) is 13.2. The maximum absolute atomic E-state index is 12.1. The molecule has 0 heterocycles. The lowest BCUT2D eigenvalue weighted by atomic mass is 9.99. The van der Waals surface area contributed by atoms with E-state index in [9.17, 15) is 9.59 Å². The second-order valence-electron chi connectivity index (χ2n) is 5.29. The molecule has 2 atom stereocenters. The number of rotatable bonds is 6. The monoisotopic (exact) mass is 291 g/mol. The van der Waals surface area contributed by atoms with Crippen LogP contribution in [0, 0.1) is 12.8 Å². The molecule has 0 fully saturated rings.